The molecule has 2 aromatic carbocycles. The van der Waals surface area contributed by atoms with E-state index in [0.29, 0.717) is 12.2 Å². The number of carboxylic acid groups (broad SMARTS) is 1. The van der Waals surface area contributed by atoms with Crippen LogP contribution in [0, 0.1) is 0 Å². The summed E-state index contributed by atoms with van der Waals surface area (Å²) in [6.45, 7) is 0.767. The van der Waals surface area contributed by atoms with Crippen molar-refractivity contribution in [1.82, 2.24) is 0 Å². The summed E-state index contributed by atoms with van der Waals surface area (Å²) in [5.41, 5.74) is 0.618. The van der Waals surface area contributed by atoms with Gasteiger partial charge in [-0.25, -0.2) is 0 Å². The number of ether oxygens (including phenoxy) is 1. The van der Waals surface area contributed by atoms with Crippen LogP contribution in [0.2, 0.25) is 0 Å². The van der Waals surface area contributed by atoms with Crippen LogP contribution in [-0.4, -0.2) is 49.4 Å². The lowest BCUT2D eigenvalue weighted by Gasteiger charge is -2.16. The molecule has 0 fully saturated rings. The molecule has 0 heterocycles. The molecule has 4 N–H and O–H groups in total. The van der Waals surface area contributed by atoms with Crippen LogP contribution in [0.1, 0.15) is 6.42 Å². The molecule has 7 nitrogen and oxygen atoms in total. The molecule has 0 spiro atoms. The molecule has 0 aliphatic rings. The molecular formula is C18H22N2O5. The third-order valence-corrected chi connectivity index (χ3v) is 3.69. The molecule has 0 aliphatic carbocycles. The van der Waals surface area contributed by atoms with Gasteiger partial charge in [-0.3, -0.25) is 4.79 Å². The highest BCUT2D eigenvalue weighted by Gasteiger charge is 2.18. The molecular weight excluding hydrogens is 324 g/mol. The van der Waals surface area contributed by atoms with Crippen LogP contribution in [-0.2, 0) is 14.3 Å². The molecule has 1 atom stereocenters. The number of benzene rings is 2. The zero-order valence-electron chi connectivity index (χ0n) is 13.8. The Hall–Kier alpha value is -2.48. The molecule has 2 rings (SSSR count). The molecule has 0 unspecified atom stereocenters. The molecule has 0 aliphatic heterocycles. The van der Waals surface area contributed by atoms with E-state index >= 15 is 0 Å². The van der Waals surface area contributed by atoms with E-state index in [0.717, 1.165) is 10.8 Å². The van der Waals surface area contributed by atoms with Crippen LogP contribution in [0.3, 0.4) is 0 Å². The second-order valence-corrected chi connectivity index (χ2v) is 5.60. The third kappa shape index (κ3) is 6.15. The number of carbonyl (C=O) groups excluding carboxylic acids is 2. The number of fused-ring (bicyclic) bond motifs is 1. The van der Waals surface area contributed by atoms with Crippen molar-refractivity contribution in [2.75, 3.05) is 31.7 Å². The van der Waals surface area contributed by atoms with Crippen LogP contribution >= 0.6 is 0 Å². The number of carboxylic acids is 1. The van der Waals surface area contributed by atoms with Gasteiger partial charge in [-0.05, 0) is 22.9 Å². The van der Waals surface area contributed by atoms with Gasteiger partial charge in [0.15, 0.2) is 0 Å². The Balaban J connectivity index is 1.87. The Bertz CT molecular complexity index is 719. The topological polar surface area (TPSA) is 115 Å². The van der Waals surface area contributed by atoms with Crippen molar-refractivity contribution in [3.63, 3.8) is 0 Å². The van der Waals surface area contributed by atoms with Gasteiger partial charge in [-0.1, -0.05) is 30.3 Å². The van der Waals surface area contributed by atoms with Crippen LogP contribution in [0.4, 0.5) is 5.69 Å². The lowest BCUT2D eigenvalue weighted by atomic mass is 10.1. The van der Waals surface area contributed by atoms with E-state index in [2.05, 4.69) is 5.32 Å². The molecule has 0 saturated heterocycles. The fraction of sp³-hybridized carbons (Fsp3) is 0.333. The number of amides is 1. The van der Waals surface area contributed by atoms with Gasteiger partial charge in [0.05, 0.1) is 38.8 Å². The number of carbonyl (C=O) groups is 2. The van der Waals surface area contributed by atoms with Crippen molar-refractivity contribution in [3.8, 4) is 0 Å². The minimum absolute atomic E-state index is 0.0852. The minimum atomic E-state index is -1.30. The maximum absolute atomic E-state index is 12.1. The number of nitrogens with one attached hydrogen (secondary N) is 1. The number of aliphatic hydroxyl groups excluding tert-OH is 1. The highest BCUT2D eigenvalue weighted by Crippen LogP contribution is 2.18. The number of hydrogen-bond donors (Lipinski definition) is 3. The highest BCUT2D eigenvalue weighted by molar-refractivity contribution is 5.96. The maximum Gasteiger partial charge on any atom is 0.230 e. The summed E-state index contributed by atoms with van der Waals surface area (Å²) in [7, 11) is 0. The fourth-order valence-corrected chi connectivity index (χ4v) is 2.46. The largest absolute Gasteiger partial charge is 0.544 e. The summed E-state index contributed by atoms with van der Waals surface area (Å²) >= 11 is 0. The Morgan fingerprint density at radius 1 is 1.16 bits per heavy atom. The summed E-state index contributed by atoms with van der Waals surface area (Å²) in [6, 6.07) is 12.3. The number of hydrogen-bond acceptors (Lipinski definition) is 5. The second kappa shape index (κ2) is 9.73. The molecule has 134 valence electrons. The second-order valence-electron chi connectivity index (χ2n) is 5.60. The smallest absolute Gasteiger partial charge is 0.230 e. The molecule has 0 bridgehead atoms. The zero-order valence-corrected chi connectivity index (χ0v) is 13.8. The predicted molar refractivity (Wildman–Crippen MR) is 90.7 cm³/mol. The number of aliphatic carboxylic acids is 1. The van der Waals surface area contributed by atoms with Gasteiger partial charge in [-0.15, -0.1) is 0 Å². The fourth-order valence-electron chi connectivity index (χ4n) is 2.46. The average molecular weight is 346 g/mol. The first-order valence-electron chi connectivity index (χ1n) is 8.11. The van der Waals surface area contributed by atoms with Gasteiger partial charge >= 0.3 is 0 Å². The van der Waals surface area contributed by atoms with Gasteiger partial charge in [0.2, 0.25) is 5.91 Å². The van der Waals surface area contributed by atoms with Gasteiger partial charge < -0.3 is 30.4 Å². The number of rotatable bonds is 10. The van der Waals surface area contributed by atoms with Crippen LogP contribution < -0.4 is 15.7 Å². The van der Waals surface area contributed by atoms with E-state index in [-0.39, 0.29) is 26.2 Å². The average Bonchev–Trinajstić information content (AvgIpc) is 2.60. The van der Waals surface area contributed by atoms with Crippen LogP contribution in [0.5, 0.6) is 0 Å². The molecule has 7 heteroatoms. The quantitative estimate of drug-likeness (QED) is 0.470. The summed E-state index contributed by atoms with van der Waals surface area (Å²) in [4.78, 5) is 23.3. The SMILES string of the molecule is O=C(C[C@@H]([NH2+]CCOCCO)C(=O)[O-])Nc1ccc2ccccc2c1. The van der Waals surface area contributed by atoms with E-state index in [4.69, 9.17) is 9.84 Å². The number of quaternary nitrogens is 1. The molecule has 2 aromatic rings. The summed E-state index contributed by atoms with van der Waals surface area (Å²) in [5, 5.41) is 26.0. The number of nitrogens with two attached hydrogens (primary N) is 1. The first kappa shape index (κ1) is 18.9. The van der Waals surface area contributed by atoms with Crippen LogP contribution in [0.15, 0.2) is 42.5 Å². The van der Waals surface area contributed by atoms with Crippen molar-refractivity contribution in [2.45, 2.75) is 12.5 Å². The van der Waals surface area contributed by atoms with Gasteiger partial charge in [-0.2, -0.15) is 0 Å². The van der Waals surface area contributed by atoms with Crippen molar-refractivity contribution >= 4 is 28.3 Å². The first-order chi connectivity index (χ1) is 12.1. The molecule has 0 radical (unpaired) electrons. The third-order valence-electron chi connectivity index (χ3n) is 3.69. The molecule has 1 amide bonds. The summed E-state index contributed by atoms with van der Waals surface area (Å²) in [6.07, 6.45) is -0.199. The predicted octanol–water partition coefficient (Wildman–Crippen LogP) is -1.14. The van der Waals surface area contributed by atoms with Crippen LogP contribution in [0.25, 0.3) is 10.8 Å². The van der Waals surface area contributed by atoms with Gasteiger partial charge in [0.1, 0.15) is 6.04 Å². The Morgan fingerprint density at radius 2 is 1.92 bits per heavy atom. The number of aliphatic hydroxyl groups is 1. The van der Waals surface area contributed by atoms with Crippen molar-refractivity contribution in [3.05, 3.63) is 42.5 Å². The Labute approximate surface area is 145 Å². The lowest BCUT2D eigenvalue weighted by Crippen LogP contribution is -2.94. The lowest BCUT2D eigenvalue weighted by molar-refractivity contribution is -0.683. The standard InChI is InChI=1S/C18H22N2O5/c21-8-10-25-9-7-19-16(18(23)24)12-17(22)20-15-6-5-13-3-1-2-4-14(13)11-15/h1-6,11,16,19,21H,7-10,12H2,(H,20,22)(H,23,24)/t16-/m1/s1. The Morgan fingerprint density at radius 3 is 2.64 bits per heavy atom. The minimum Gasteiger partial charge on any atom is -0.544 e. The zero-order chi connectivity index (χ0) is 18.1. The number of anilines is 1. The van der Waals surface area contributed by atoms with Crippen molar-refractivity contribution < 1.29 is 29.9 Å². The monoisotopic (exact) mass is 346 g/mol. The normalized spacial score (nSPS) is 12.0. The first-order valence-corrected chi connectivity index (χ1v) is 8.11. The highest BCUT2D eigenvalue weighted by atomic mass is 16.5. The van der Waals surface area contributed by atoms with E-state index < -0.39 is 17.9 Å². The van der Waals surface area contributed by atoms with E-state index in [1.807, 2.05) is 36.4 Å². The Kier molecular flexibility index (Phi) is 7.34. The maximum atomic E-state index is 12.1. The van der Waals surface area contributed by atoms with E-state index in [1.54, 1.807) is 6.07 Å². The molecule has 0 aromatic heterocycles. The van der Waals surface area contributed by atoms with E-state index in [1.165, 1.54) is 5.32 Å². The van der Waals surface area contributed by atoms with E-state index in [9.17, 15) is 14.7 Å². The van der Waals surface area contributed by atoms with Gasteiger partial charge in [0.25, 0.3) is 0 Å². The van der Waals surface area contributed by atoms with Crippen molar-refractivity contribution in [1.29, 1.82) is 0 Å². The molecule has 25 heavy (non-hydrogen) atoms. The molecule has 0 saturated carbocycles. The summed E-state index contributed by atoms with van der Waals surface area (Å²) in [5.74, 6) is -1.69. The van der Waals surface area contributed by atoms with Gasteiger partial charge in [0, 0.05) is 5.69 Å². The van der Waals surface area contributed by atoms with Crippen molar-refractivity contribution in [2.24, 2.45) is 0 Å². The summed E-state index contributed by atoms with van der Waals surface area (Å²) < 4.78 is 5.06.